The van der Waals surface area contributed by atoms with Gasteiger partial charge in [-0.3, -0.25) is 4.79 Å². The highest BCUT2D eigenvalue weighted by atomic mass is 35.5. The van der Waals surface area contributed by atoms with Crippen LogP contribution in [0.25, 0.3) is 0 Å². The second-order valence-corrected chi connectivity index (χ2v) is 5.76. The number of nitrogens with one attached hydrogen (secondary N) is 1. The summed E-state index contributed by atoms with van der Waals surface area (Å²) in [5.41, 5.74) is 1.81. The first kappa shape index (κ1) is 15.7. The summed E-state index contributed by atoms with van der Waals surface area (Å²) in [5.74, 6) is 1.94. The number of amides is 1. The van der Waals surface area contributed by atoms with E-state index in [9.17, 15) is 4.79 Å². The number of carbonyl (C=O) groups is 1. The zero-order valence-electron chi connectivity index (χ0n) is 11.6. The van der Waals surface area contributed by atoms with Crippen molar-refractivity contribution in [2.75, 3.05) is 18.2 Å². The number of methoxy groups -OCH3 is 1. The molecule has 1 amide bonds. The summed E-state index contributed by atoms with van der Waals surface area (Å²) in [6, 6.07) is 15.0. The summed E-state index contributed by atoms with van der Waals surface area (Å²) in [7, 11) is 1.64. The van der Waals surface area contributed by atoms with Gasteiger partial charge < -0.3 is 10.1 Å². The van der Waals surface area contributed by atoms with Crippen LogP contribution in [-0.4, -0.2) is 18.8 Å². The number of halogens is 1. The number of para-hydroxylation sites is 1. The van der Waals surface area contributed by atoms with E-state index in [4.69, 9.17) is 16.3 Å². The number of thioether (sulfide) groups is 1. The predicted octanol–water partition coefficient (Wildman–Crippen LogP) is 4.22. The summed E-state index contributed by atoms with van der Waals surface area (Å²) in [6.07, 6.45) is 0. The van der Waals surface area contributed by atoms with Crippen molar-refractivity contribution in [1.82, 2.24) is 0 Å². The van der Waals surface area contributed by atoms with E-state index in [2.05, 4.69) is 5.32 Å². The van der Waals surface area contributed by atoms with Gasteiger partial charge in [0.1, 0.15) is 5.75 Å². The maximum Gasteiger partial charge on any atom is 0.234 e. The quantitative estimate of drug-likeness (QED) is 0.865. The Labute approximate surface area is 133 Å². The zero-order chi connectivity index (χ0) is 15.1. The molecule has 0 fully saturated rings. The highest BCUT2D eigenvalue weighted by molar-refractivity contribution is 7.99. The van der Waals surface area contributed by atoms with E-state index in [1.807, 2.05) is 36.4 Å². The van der Waals surface area contributed by atoms with Crippen LogP contribution in [0.4, 0.5) is 5.69 Å². The van der Waals surface area contributed by atoms with E-state index < -0.39 is 0 Å². The second-order valence-electron chi connectivity index (χ2n) is 4.37. The van der Waals surface area contributed by atoms with Crippen molar-refractivity contribution in [1.29, 1.82) is 0 Å². The maximum atomic E-state index is 11.8. The van der Waals surface area contributed by atoms with Crippen LogP contribution in [0.2, 0.25) is 5.02 Å². The van der Waals surface area contributed by atoms with Crippen molar-refractivity contribution >= 4 is 35.0 Å². The highest BCUT2D eigenvalue weighted by Gasteiger charge is 2.05. The van der Waals surface area contributed by atoms with Crippen molar-refractivity contribution in [3.8, 4) is 5.75 Å². The first-order valence-electron chi connectivity index (χ1n) is 6.44. The van der Waals surface area contributed by atoms with Crippen molar-refractivity contribution < 1.29 is 9.53 Å². The number of benzene rings is 2. The minimum absolute atomic E-state index is 0.0541. The van der Waals surface area contributed by atoms with Gasteiger partial charge in [0.25, 0.3) is 0 Å². The highest BCUT2D eigenvalue weighted by Crippen LogP contribution is 2.21. The van der Waals surface area contributed by atoms with Gasteiger partial charge in [-0.25, -0.2) is 0 Å². The largest absolute Gasteiger partial charge is 0.497 e. The van der Waals surface area contributed by atoms with Crippen LogP contribution in [0, 0.1) is 0 Å². The van der Waals surface area contributed by atoms with Gasteiger partial charge in [-0.15, -0.1) is 11.8 Å². The molecule has 0 bridgehead atoms. The molecule has 0 aliphatic carbocycles. The molecule has 0 radical (unpaired) electrons. The fourth-order valence-electron chi connectivity index (χ4n) is 1.73. The van der Waals surface area contributed by atoms with Crippen LogP contribution >= 0.6 is 23.4 Å². The van der Waals surface area contributed by atoms with Gasteiger partial charge >= 0.3 is 0 Å². The third kappa shape index (κ3) is 4.99. The SMILES string of the molecule is COc1ccc(CSCC(=O)Nc2ccccc2Cl)cc1. The number of hydrogen-bond donors (Lipinski definition) is 1. The van der Waals surface area contributed by atoms with E-state index >= 15 is 0 Å². The number of rotatable bonds is 6. The third-order valence-corrected chi connectivity index (χ3v) is 4.14. The lowest BCUT2D eigenvalue weighted by atomic mass is 10.2. The van der Waals surface area contributed by atoms with E-state index in [1.165, 1.54) is 0 Å². The number of carbonyl (C=O) groups excluding carboxylic acids is 1. The molecular weight excluding hydrogens is 306 g/mol. The van der Waals surface area contributed by atoms with Gasteiger partial charge in [-0.05, 0) is 29.8 Å². The van der Waals surface area contributed by atoms with Crippen LogP contribution in [0.1, 0.15) is 5.56 Å². The molecule has 0 aromatic heterocycles. The molecule has 0 aliphatic rings. The van der Waals surface area contributed by atoms with Crippen LogP contribution in [0.15, 0.2) is 48.5 Å². The Balaban J connectivity index is 1.77. The van der Waals surface area contributed by atoms with Crippen molar-refractivity contribution in [2.45, 2.75) is 5.75 Å². The molecule has 0 atom stereocenters. The number of anilines is 1. The van der Waals surface area contributed by atoms with Gasteiger partial charge in [0, 0.05) is 5.75 Å². The molecule has 21 heavy (non-hydrogen) atoms. The van der Waals surface area contributed by atoms with Gasteiger partial charge in [0.05, 0.1) is 23.6 Å². The van der Waals surface area contributed by atoms with Crippen molar-refractivity contribution in [3.63, 3.8) is 0 Å². The number of hydrogen-bond acceptors (Lipinski definition) is 3. The average Bonchev–Trinajstić information content (AvgIpc) is 2.50. The van der Waals surface area contributed by atoms with Gasteiger partial charge in [0.15, 0.2) is 0 Å². The minimum atomic E-state index is -0.0541. The summed E-state index contributed by atoms with van der Waals surface area (Å²) < 4.78 is 5.11. The first-order chi connectivity index (χ1) is 10.2. The van der Waals surface area contributed by atoms with Crippen LogP contribution in [0.3, 0.4) is 0 Å². The predicted molar refractivity (Wildman–Crippen MR) is 89.2 cm³/mol. The lowest BCUT2D eigenvalue weighted by molar-refractivity contribution is -0.113. The Morgan fingerprint density at radius 1 is 1.19 bits per heavy atom. The third-order valence-electron chi connectivity index (χ3n) is 2.81. The smallest absolute Gasteiger partial charge is 0.234 e. The molecule has 0 spiro atoms. The Morgan fingerprint density at radius 2 is 1.90 bits per heavy atom. The first-order valence-corrected chi connectivity index (χ1v) is 7.97. The molecule has 0 aliphatic heterocycles. The van der Waals surface area contributed by atoms with E-state index in [0.29, 0.717) is 16.5 Å². The Morgan fingerprint density at radius 3 is 2.57 bits per heavy atom. The van der Waals surface area contributed by atoms with Crippen LogP contribution in [0.5, 0.6) is 5.75 Å². The molecule has 0 saturated heterocycles. The molecule has 2 rings (SSSR count). The fourth-order valence-corrected chi connectivity index (χ4v) is 2.70. The summed E-state index contributed by atoms with van der Waals surface area (Å²) >= 11 is 7.55. The average molecular weight is 322 g/mol. The lowest BCUT2D eigenvalue weighted by Gasteiger charge is -2.07. The molecular formula is C16H16ClNO2S. The molecule has 1 N–H and O–H groups in total. The summed E-state index contributed by atoms with van der Waals surface area (Å²) in [5, 5.41) is 3.35. The zero-order valence-corrected chi connectivity index (χ0v) is 13.2. The van der Waals surface area contributed by atoms with E-state index in [0.717, 1.165) is 17.1 Å². The minimum Gasteiger partial charge on any atom is -0.497 e. The summed E-state index contributed by atoms with van der Waals surface area (Å²) in [4.78, 5) is 11.8. The molecule has 5 heteroatoms. The Bertz CT molecular complexity index is 601. The van der Waals surface area contributed by atoms with Gasteiger partial charge in [0.2, 0.25) is 5.91 Å². The molecule has 2 aromatic carbocycles. The van der Waals surface area contributed by atoms with E-state index in [1.54, 1.807) is 31.0 Å². The second kappa shape index (κ2) is 7.96. The van der Waals surface area contributed by atoms with Crippen molar-refractivity contribution in [3.05, 3.63) is 59.1 Å². The topological polar surface area (TPSA) is 38.3 Å². The maximum absolute atomic E-state index is 11.8. The van der Waals surface area contributed by atoms with Crippen molar-refractivity contribution in [2.24, 2.45) is 0 Å². The normalized spacial score (nSPS) is 10.2. The fraction of sp³-hybridized carbons (Fsp3) is 0.188. The van der Waals surface area contributed by atoms with Crippen LogP contribution in [-0.2, 0) is 10.5 Å². The molecule has 2 aromatic rings. The standard InChI is InChI=1S/C16H16ClNO2S/c1-20-13-8-6-12(7-9-13)10-21-11-16(19)18-15-5-3-2-4-14(15)17/h2-9H,10-11H2,1H3,(H,18,19). The molecule has 0 unspecified atom stereocenters. The molecule has 110 valence electrons. The van der Waals surface area contributed by atoms with Gasteiger partial charge in [-0.2, -0.15) is 0 Å². The molecule has 0 heterocycles. The Kier molecular flexibility index (Phi) is 5.96. The molecule has 3 nitrogen and oxygen atoms in total. The van der Waals surface area contributed by atoms with Crippen LogP contribution < -0.4 is 10.1 Å². The van der Waals surface area contributed by atoms with E-state index in [-0.39, 0.29) is 5.91 Å². The molecule has 0 saturated carbocycles. The van der Waals surface area contributed by atoms with Gasteiger partial charge in [-0.1, -0.05) is 35.9 Å². The lowest BCUT2D eigenvalue weighted by Crippen LogP contribution is -2.14. The summed E-state index contributed by atoms with van der Waals surface area (Å²) in [6.45, 7) is 0. The monoisotopic (exact) mass is 321 g/mol. The Hall–Kier alpha value is -1.65. The number of ether oxygens (including phenoxy) is 1.